The van der Waals surface area contributed by atoms with Crippen LogP contribution in [0.1, 0.15) is 63.7 Å². The molecule has 4 N–H and O–H groups in total. The first-order valence-corrected chi connectivity index (χ1v) is 18.7. The van der Waals surface area contributed by atoms with E-state index in [0.29, 0.717) is 28.5 Å². The molecular weight excluding hydrogens is 713 g/mol. The van der Waals surface area contributed by atoms with Crippen LogP contribution in [0.15, 0.2) is 116 Å². The summed E-state index contributed by atoms with van der Waals surface area (Å²) in [6, 6.07) is 30.9. The summed E-state index contributed by atoms with van der Waals surface area (Å²) < 4.78 is 0. The second-order valence-electron chi connectivity index (χ2n) is 14.5. The molecule has 0 unspecified atom stereocenters. The van der Waals surface area contributed by atoms with Gasteiger partial charge in [0.05, 0.1) is 57.0 Å². The number of nitrogens with one attached hydrogen (secondary N) is 4. The summed E-state index contributed by atoms with van der Waals surface area (Å²) in [6.07, 6.45) is 5.23. The summed E-state index contributed by atoms with van der Waals surface area (Å²) in [6.45, 7) is 5.68. The average Bonchev–Trinajstić information content (AvgIpc) is 4.06. The van der Waals surface area contributed by atoms with Gasteiger partial charge in [-0.2, -0.15) is 10.2 Å². The van der Waals surface area contributed by atoms with Crippen LogP contribution in [0, 0.1) is 6.92 Å². The van der Waals surface area contributed by atoms with E-state index >= 15 is 0 Å². The number of aryl methyl sites for hydroxylation is 1. The minimum Gasteiger partial charge on any atom is -0.352 e. The minimum atomic E-state index is -0.521. The van der Waals surface area contributed by atoms with Gasteiger partial charge < -0.3 is 9.97 Å². The van der Waals surface area contributed by atoms with Crippen LogP contribution >= 0.6 is 0 Å². The van der Waals surface area contributed by atoms with Gasteiger partial charge in [-0.25, -0.2) is 0 Å². The largest absolute Gasteiger partial charge is 0.352 e. The van der Waals surface area contributed by atoms with Crippen molar-refractivity contribution in [2.75, 3.05) is 0 Å². The summed E-state index contributed by atoms with van der Waals surface area (Å²) >= 11 is 0. The number of carbonyl (C=O) groups is 2. The topological polar surface area (TPSA) is 175 Å². The lowest BCUT2D eigenvalue weighted by Gasteiger charge is -2.11. The minimum absolute atomic E-state index is 0.0240. The second-order valence-corrected chi connectivity index (χ2v) is 14.5. The molecule has 0 saturated heterocycles. The Balaban J connectivity index is 0.916. The molecule has 12 heteroatoms. The monoisotopic (exact) mass is 746 g/mol. The number of benzene rings is 2. The Bertz CT molecular complexity index is 3190. The van der Waals surface area contributed by atoms with Gasteiger partial charge in [-0.3, -0.25) is 39.7 Å². The van der Waals surface area contributed by atoms with Crippen LogP contribution in [0.5, 0.6) is 0 Å². The number of ketones is 2. The quantitative estimate of drug-likeness (QED) is 0.106. The van der Waals surface area contributed by atoms with Gasteiger partial charge in [-0.1, -0.05) is 12.1 Å². The van der Waals surface area contributed by atoms with E-state index in [1.165, 1.54) is 0 Å². The molecule has 0 aliphatic carbocycles. The zero-order chi connectivity index (χ0) is 38.8. The molecule has 0 bridgehead atoms. The summed E-state index contributed by atoms with van der Waals surface area (Å²) in [5, 5.41) is 19.2. The molecule has 12 nitrogen and oxygen atoms in total. The fourth-order valence-corrected chi connectivity index (χ4v) is 7.60. The molecule has 2 aromatic carbocycles. The van der Waals surface area contributed by atoms with Crippen molar-refractivity contribution in [3.8, 4) is 33.9 Å². The smallest absolute Gasteiger partial charge is 0.187 e. The van der Waals surface area contributed by atoms with Gasteiger partial charge in [-0.15, -0.1) is 0 Å². The van der Waals surface area contributed by atoms with Gasteiger partial charge in [0.25, 0.3) is 0 Å². The Morgan fingerprint density at radius 1 is 0.561 bits per heavy atom. The number of aromatic nitrogens is 10. The van der Waals surface area contributed by atoms with Gasteiger partial charge in [0.2, 0.25) is 0 Å². The molecule has 2 atom stereocenters. The van der Waals surface area contributed by atoms with E-state index < -0.39 is 5.92 Å². The predicted molar refractivity (Wildman–Crippen MR) is 220 cm³/mol. The molecule has 0 spiro atoms. The van der Waals surface area contributed by atoms with Crippen molar-refractivity contribution in [1.29, 1.82) is 0 Å². The van der Waals surface area contributed by atoms with E-state index in [1.54, 1.807) is 18.6 Å². The number of aromatic amines is 4. The van der Waals surface area contributed by atoms with Crippen LogP contribution in [0.3, 0.4) is 0 Å². The van der Waals surface area contributed by atoms with Crippen LogP contribution in [0.25, 0.3) is 77.5 Å². The first-order chi connectivity index (χ1) is 27.8. The number of nitrogens with zero attached hydrogens (tertiary/aromatic N) is 6. The Morgan fingerprint density at radius 2 is 1.12 bits per heavy atom. The maximum absolute atomic E-state index is 13.9. The van der Waals surface area contributed by atoms with Gasteiger partial charge in [0.1, 0.15) is 11.4 Å². The molecule has 0 fully saturated rings. The van der Waals surface area contributed by atoms with Crippen molar-refractivity contribution in [3.63, 3.8) is 0 Å². The molecule has 0 saturated carbocycles. The number of H-pyrrole nitrogens is 4. The summed E-state index contributed by atoms with van der Waals surface area (Å²) in [5.41, 5.74) is 11.4. The predicted octanol–water partition coefficient (Wildman–Crippen LogP) is 9.26. The van der Waals surface area contributed by atoms with E-state index in [-0.39, 0.29) is 17.5 Å². The molecule has 0 amide bonds. The number of rotatable bonds is 9. The van der Waals surface area contributed by atoms with E-state index in [1.807, 2.05) is 118 Å². The maximum Gasteiger partial charge on any atom is 0.187 e. The van der Waals surface area contributed by atoms with Crippen molar-refractivity contribution in [3.05, 3.63) is 144 Å². The molecule has 8 heterocycles. The number of pyridine rings is 4. The van der Waals surface area contributed by atoms with Crippen LogP contribution < -0.4 is 0 Å². The van der Waals surface area contributed by atoms with Gasteiger partial charge >= 0.3 is 0 Å². The summed E-state index contributed by atoms with van der Waals surface area (Å²) in [4.78, 5) is 52.3. The lowest BCUT2D eigenvalue weighted by Crippen LogP contribution is -2.11. The molecule has 10 rings (SSSR count). The Labute approximate surface area is 324 Å². The van der Waals surface area contributed by atoms with Crippen molar-refractivity contribution in [2.24, 2.45) is 0 Å². The third-order valence-electron chi connectivity index (χ3n) is 10.7. The van der Waals surface area contributed by atoms with E-state index in [4.69, 9.17) is 4.98 Å². The van der Waals surface area contributed by atoms with Crippen LogP contribution in [0.4, 0.5) is 0 Å². The second kappa shape index (κ2) is 13.3. The van der Waals surface area contributed by atoms with Crippen LogP contribution in [-0.4, -0.2) is 61.9 Å². The highest BCUT2D eigenvalue weighted by Gasteiger charge is 2.23. The van der Waals surface area contributed by atoms with Gasteiger partial charge in [0, 0.05) is 68.0 Å². The zero-order valence-corrected chi connectivity index (χ0v) is 31.1. The third kappa shape index (κ3) is 5.94. The van der Waals surface area contributed by atoms with Gasteiger partial charge in [0.15, 0.2) is 11.6 Å². The van der Waals surface area contributed by atoms with Crippen molar-refractivity contribution in [1.82, 2.24) is 50.3 Å². The number of fused-ring (bicyclic) bond motifs is 4. The Hall–Kier alpha value is -7.60. The van der Waals surface area contributed by atoms with Crippen molar-refractivity contribution in [2.45, 2.75) is 32.6 Å². The fourth-order valence-electron chi connectivity index (χ4n) is 7.60. The third-order valence-corrected chi connectivity index (χ3v) is 10.7. The van der Waals surface area contributed by atoms with Crippen LogP contribution in [-0.2, 0) is 0 Å². The lowest BCUT2D eigenvalue weighted by molar-refractivity contribution is 0.0953. The number of hydrogen-bond donors (Lipinski definition) is 4. The van der Waals surface area contributed by atoms with Crippen molar-refractivity contribution < 1.29 is 9.59 Å². The maximum atomic E-state index is 13.9. The molecule has 0 aliphatic heterocycles. The molecule has 57 heavy (non-hydrogen) atoms. The molecule has 10 aromatic rings. The highest BCUT2D eigenvalue weighted by atomic mass is 16.1. The first-order valence-electron chi connectivity index (χ1n) is 18.7. The Morgan fingerprint density at radius 3 is 1.74 bits per heavy atom. The van der Waals surface area contributed by atoms with E-state index in [0.717, 1.165) is 77.5 Å². The first kappa shape index (κ1) is 33.9. The van der Waals surface area contributed by atoms with Crippen molar-refractivity contribution >= 4 is 55.2 Å². The number of Topliss-reactive ketones (excluding diaryl/α,β-unsaturated/α-hetero) is 2. The van der Waals surface area contributed by atoms with E-state index in [9.17, 15) is 9.59 Å². The molecule has 8 aromatic heterocycles. The molecule has 276 valence electrons. The summed E-state index contributed by atoms with van der Waals surface area (Å²) in [7, 11) is 0. The Kier molecular flexibility index (Phi) is 7.92. The molecule has 0 aliphatic rings. The van der Waals surface area contributed by atoms with Gasteiger partial charge in [-0.05, 0) is 106 Å². The number of carbonyl (C=O) groups excluding carboxylic acids is 2. The highest BCUT2D eigenvalue weighted by molar-refractivity contribution is 6.08. The standard InChI is InChI=1S/C45H34N10O2/c1-23-6-4-7-32(48-23)24(2)44(56)40-20-29-17-31-38(22-36(29)50-40)53-55-43(31)27-12-15-47-39(18-27)34-9-5-8-33(49-34)25(3)45(57)41-19-28-16-30-37(21-35(28)51-41)52-54-42(30)26-10-13-46-14-11-26/h4-22,24-25,50-51H,1-3H3,(H,52,54)(H,53,55)/t24-,25+/m0/s1. The molecule has 0 radical (unpaired) electrons. The fraction of sp³-hybridized carbons (Fsp3) is 0.111. The average molecular weight is 747 g/mol. The molecular formula is C45H34N10O2. The highest BCUT2D eigenvalue weighted by Crippen LogP contribution is 2.34. The van der Waals surface area contributed by atoms with Crippen LogP contribution in [0.2, 0.25) is 0 Å². The zero-order valence-electron chi connectivity index (χ0n) is 31.1. The SMILES string of the molecule is Cc1cccc([C@H](C)C(=O)c2cc3cc4c(-c5ccnc(-c6cccc([C@@H](C)C(=O)c7cc8cc9c(-c%10ccncc%10)n[nH]c9cc8[nH]7)n6)c5)n[nH]c4cc3[nH]2)n1. The number of hydrogen-bond acceptors (Lipinski definition) is 8. The normalized spacial score (nSPS) is 12.8. The van der Waals surface area contributed by atoms with E-state index in [2.05, 4.69) is 45.3 Å². The lowest BCUT2D eigenvalue weighted by atomic mass is 9.98. The summed E-state index contributed by atoms with van der Waals surface area (Å²) in [5.74, 6) is -1.01.